The number of nitrogens with zero attached hydrogens (tertiary/aromatic N) is 1. The molecule has 1 heterocycles. The van der Waals surface area contributed by atoms with Crippen LogP contribution in [-0.2, 0) is 16.2 Å². The van der Waals surface area contributed by atoms with Crippen molar-refractivity contribution in [1.29, 1.82) is 0 Å². The lowest BCUT2D eigenvalue weighted by Crippen LogP contribution is -2.18. The number of alkyl halides is 4. The molecule has 0 bridgehead atoms. The molecular weight excluding hydrogens is 433 g/mol. The van der Waals surface area contributed by atoms with Crippen LogP contribution in [0.2, 0.25) is 0 Å². The van der Waals surface area contributed by atoms with E-state index in [-0.39, 0.29) is 22.3 Å². The van der Waals surface area contributed by atoms with Crippen LogP contribution in [-0.4, -0.2) is 31.1 Å². The van der Waals surface area contributed by atoms with Crippen molar-refractivity contribution in [2.24, 2.45) is 0 Å². The number of nitrogens with one attached hydrogen (secondary N) is 1. The van der Waals surface area contributed by atoms with E-state index in [1.54, 1.807) is 0 Å². The van der Waals surface area contributed by atoms with E-state index in [4.69, 9.17) is 9.47 Å². The maximum Gasteiger partial charge on any atom is 0.433 e. The van der Waals surface area contributed by atoms with Gasteiger partial charge in [0.1, 0.15) is 17.1 Å². The Balaban J connectivity index is 2.39. The van der Waals surface area contributed by atoms with E-state index in [2.05, 4.69) is 26.2 Å². The van der Waals surface area contributed by atoms with Gasteiger partial charge in [-0.2, -0.15) is 13.2 Å². The molecule has 0 unspecified atom stereocenters. The number of hydrogen-bond donors (Lipinski definition) is 1. The fourth-order valence-electron chi connectivity index (χ4n) is 2.21. The van der Waals surface area contributed by atoms with E-state index in [1.165, 1.54) is 26.4 Å². The zero-order valence-electron chi connectivity index (χ0n) is 14.2. The number of methoxy groups -OCH3 is 2. The molecule has 0 aliphatic heterocycles. The Morgan fingerprint density at radius 2 is 1.93 bits per heavy atom. The molecule has 10 heteroatoms. The van der Waals surface area contributed by atoms with Gasteiger partial charge in [0.25, 0.3) is 5.91 Å². The first-order chi connectivity index (χ1) is 12.7. The molecule has 0 saturated carbocycles. The summed E-state index contributed by atoms with van der Waals surface area (Å²) in [6, 6.07) is 5.85. The summed E-state index contributed by atoms with van der Waals surface area (Å²) in [5, 5.41) is 2.72. The molecule has 0 atom stereocenters. The van der Waals surface area contributed by atoms with Crippen molar-refractivity contribution in [3.05, 3.63) is 52.8 Å². The average molecular weight is 447 g/mol. The summed E-state index contributed by atoms with van der Waals surface area (Å²) in [5.74, 6) is -1.31. The second-order valence-corrected chi connectivity index (χ2v) is 5.76. The van der Waals surface area contributed by atoms with Gasteiger partial charge in [-0.3, -0.25) is 4.79 Å². The van der Waals surface area contributed by atoms with E-state index in [9.17, 15) is 22.8 Å². The minimum atomic E-state index is -4.67. The predicted octanol–water partition coefficient (Wildman–Crippen LogP) is 4.04. The van der Waals surface area contributed by atoms with Crippen LogP contribution in [0.4, 0.5) is 18.9 Å². The number of carbonyl (C=O) groups excluding carboxylic acids is 2. The standard InChI is InChI=1S/C17H14BrF3N2O4/c1-26-13-7-10(16(25)27-2)9(8-18)6-12(13)23-15(24)11-4-3-5-14(22-11)17(19,20)21/h3-7H,8H2,1-2H3,(H,23,24). The summed E-state index contributed by atoms with van der Waals surface area (Å²) in [7, 11) is 2.55. The van der Waals surface area contributed by atoms with Crippen LogP contribution in [0, 0.1) is 0 Å². The number of benzene rings is 1. The number of ether oxygens (including phenoxy) is 2. The van der Waals surface area contributed by atoms with Crippen LogP contribution >= 0.6 is 15.9 Å². The third-order valence-corrected chi connectivity index (χ3v) is 4.10. The zero-order chi connectivity index (χ0) is 20.2. The Morgan fingerprint density at radius 1 is 1.22 bits per heavy atom. The number of anilines is 1. The van der Waals surface area contributed by atoms with E-state index < -0.39 is 29.4 Å². The van der Waals surface area contributed by atoms with Crippen molar-refractivity contribution in [2.75, 3.05) is 19.5 Å². The molecule has 0 aliphatic rings. The summed E-state index contributed by atoms with van der Waals surface area (Å²) in [6.07, 6.45) is -4.67. The van der Waals surface area contributed by atoms with Gasteiger partial charge < -0.3 is 14.8 Å². The summed E-state index contributed by atoms with van der Waals surface area (Å²) in [4.78, 5) is 27.5. The van der Waals surface area contributed by atoms with Crippen LogP contribution in [0.25, 0.3) is 0 Å². The minimum Gasteiger partial charge on any atom is -0.495 e. The Bertz CT molecular complexity index is 872. The molecule has 144 valence electrons. The predicted molar refractivity (Wildman–Crippen MR) is 94.2 cm³/mol. The monoisotopic (exact) mass is 446 g/mol. The van der Waals surface area contributed by atoms with Gasteiger partial charge in [0.2, 0.25) is 0 Å². The van der Waals surface area contributed by atoms with Crippen LogP contribution < -0.4 is 10.1 Å². The quantitative estimate of drug-likeness (QED) is 0.553. The molecule has 0 saturated heterocycles. The summed E-state index contributed by atoms with van der Waals surface area (Å²) < 4.78 is 48.1. The molecular formula is C17H14BrF3N2O4. The number of halogens is 4. The number of amides is 1. The smallest absolute Gasteiger partial charge is 0.433 e. The second-order valence-electron chi connectivity index (χ2n) is 5.19. The third-order valence-electron chi connectivity index (χ3n) is 3.49. The van der Waals surface area contributed by atoms with Gasteiger partial charge in [-0.25, -0.2) is 9.78 Å². The molecule has 2 rings (SSSR count). The molecule has 0 spiro atoms. The topological polar surface area (TPSA) is 77.5 Å². The highest BCUT2D eigenvalue weighted by atomic mass is 79.9. The van der Waals surface area contributed by atoms with Gasteiger partial charge in [0.05, 0.1) is 25.5 Å². The first kappa shape index (κ1) is 20.7. The van der Waals surface area contributed by atoms with Crippen molar-refractivity contribution in [3.8, 4) is 5.75 Å². The van der Waals surface area contributed by atoms with Crippen LogP contribution in [0.3, 0.4) is 0 Å². The van der Waals surface area contributed by atoms with Crippen molar-refractivity contribution < 1.29 is 32.2 Å². The largest absolute Gasteiger partial charge is 0.495 e. The minimum absolute atomic E-state index is 0.139. The first-order valence-electron chi connectivity index (χ1n) is 7.42. The highest BCUT2D eigenvalue weighted by Crippen LogP contribution is 2.31. The molecule has 6 nitrogen and oxygen atoms in total. The fourth-order valence-corrected chi connectivity index (χ4v) is 2.67. The molecule has 0 radical (unpaired) electrons. The van der Waals surface area contributed by atoms with E-state index in [0.29, 0.717) is 5.56 Å². The lowest BCUT2D eigenvalue weighted by molar-refractivity contribution is -0.141. The first-order valence-corrected chi connectivity index (χ1v) is 8.54. The van der Waals surface area contributed by atoms with Gasteiger partial charge in [-0.1, -0.05) is 22.0 Å². The molecule has 0 fully saturated rings. The van der Waals surface area contributed by atoms with E-state index in [1.807, 2.05) is 0 Å². The number of carbonyl (C=O) groups is 2. The highest BCUT2D eigenvalue weighted by Gasteiger charge is 2.33. The highest BCUT2D eigenvalue weighted by molar-refractivity contribution is 9.08. The number of aromatic nitrogens is 1. The van der Waals surface area contributed by atoms with Gasteiger partial charge in [0.15, 0.2) is 0 Å². The lowest BCUT2D eigenvalue weighted by Gasteiger charge is -2.14. The SMILES string of the molecule is COC(=O)c1cc(OC)c(NC(=O)c2cccc(C(F)(F)F)n2)cc1CBr. The third kappa shape index (κ3) is 4.76. The molecule has 1 amide bonds. The Hall–Kier alpha value is -2.62. The van der Waals surface area contributed by atoms with Crippen molar-refractivity contribution >= 4 is 33.5 Å². The van der Waals surface area contributed by atoms with Crippen molar-refractivity contribution in [1.82, 2.24) is 4.98 Å². The van der Waals surface area contributed by atoms with E-state index in [0.717, 1.165) is 18.2 Å². The second kappa shape index (κ2) is 8.38. The van der Waals surface area contributed by atoms with Crippen molar-refractivity contribution in [2.45, 2.75) is 11.5 Å². The molecule has 1 aromatic heterocycles. The van der Waals surface area contributed by atoms with Gasteiger partial charge >= 0.3 is 12.1 Å². The van der Waals surface area contributed by atoms with Crippen LogP contribution in [0.15, 0.2) is 30.3 Å². The average Bonchev–Trinajstić information content (AvgIpc) is 2.66. The molecule has 1 N–H and O–H groups in total. The number of hydrogen-bond acceptors (Lipinski definition) is 5. The molecule has 0 aliphatic carbocycles. The van der Waals surface area contributed by atoms with Crippen molar-refractivity contribution in [3.63, 3.8) is 0 Å². The van der Waals surface area contributed by atoms with E-state index >= 15 is 0 Å². The summed E-state index contributed by atoms with van der Waals surface area (Å²) >= 11 is 3.23. The lowest BCUT2D eigenvalue weighted by atomic mass is 10.1. The zero-order valence-corrected chi connectivity index (χ0v) is 15.8. The van der Waals surface area contributed by atoms with Gasteiger partial charge in [-0.15, -0.1) is 0 Å². The summed E-state index contributed by atoms with van der Waals surface area (Å²) in [5.41, 5.74) is -0.700. The molecule has 27 heavy (non-hydrogen) atoms. The number of pyridine rings is 1. The Morgan fingerprint density at radius 3 is 2.48 bits per heavy atom. The fraction of sp³-hybridized carbons (Fsp3) is 0.235. The van der Waals surface area contributed by atoms with Gasteiger partial charge in [0, 0.05) is 5.33 Å². The van der Waals surface area contributed by atoms with Crippen LogP contribution in [0.1, 0.15) is 32.1 Å². The number of esters is 1. The van der Waals surface area contributed by atoms with Gasteiger partial charge in [-0.05, 0) is 29.8 Å². The molecule has 2 aromatic rings. The number of rotatable bonds is 5. The van der Waals surface area contributed by atoms with Crippen LogP contribution in [0.5, 0.6) is 5.75 Å². The Kier molecular flexibility index (Phi) is 6.42. The molecule has 1 aromatic carbocycles. The maximum absolute atomic E-state index is 12.8. The summed E-state index contributed by atoms with van der Waals surface area (Å²) in [6.45, 7) is 0. The maximum atomic E-state index is 12.8. The normalized spacial score (nSPS) is 11.0. The Labute approximate surface area is 160 Å².